The van der Waals surface area contributed by atoms with Crippen LogP contribution < -0.4 is 0 Å². The van der Waals surface area contributed by atoms with Gasteiger partial charge in [0.05, 0.1) is 18.9 Å². The second kappa shape index (κ2) is 7.16. The smallest absolute Gasteiger partial charge is 0.358 e. The Morgan fingerprint density at radius 2 is 2.05 bits per heavy atom. The number of amides is 1. The van der Waals surface area contributed by atoms with Crippen LogP contribution in [0.2, 0.25) is 0 Å². The molecule has 1 fully saturated rings. The van der Waals surface area contributed by atoms with Gasteiger partial charge in [0.1, 0.15) is 0 Å². The van der Waals surface area contributed by atoms with Crippen LogP contribution in [0.1, 0.15) is 35.9 Å². The molecular weight excluding hydrogens is 276 g/mol. The van der Waals surface area contributed by atoms with E-state index in [1.165, 1.54) is 0 Å². The number of aromatic nitrogens is 3. The fourth-order valence-corrected chi connectivity index (χ4v) is 2.38. The highest BCUT2D eigenvalue weighted by Crippen LogP contribution is 2.09. The molecule has 0 aliphatic carbocycles. The number of nitrogens with zero attached hydrogens (tertiary/aromatic N) is 4. The Kier molecular flexibility index (Phi) is 5.26. The third kappa shape index (κ3) is 3.78. The van der Waals surface area contributed by atoms with E-state index in [-0.39, 0.29) is 11.6 Å². The molecule has 8 heteroatoms. The van der Waals surface area contributed by atoms with E-state index < -0.39 is 5.97 Å². The summed E-state index contributed by atoms with van der Waals surface area (Å²) < 4.78 is 6.79. The zero-order chi connectivity index (χ0) is 15.2. The summed E-state index contributed by atoms with van der Waals surface area (Å²) in [5, 5.41) is 16.5. The molecule has 8 nitrogen and oxygen atoms in total. The predicted molar refractivity (Wildman–Crippen MR) is 73.0 cm³/mol. The van der Waals surface area contributed by atoms with Crippen LogP contribution in [0, 0.1) is 0 Å². The molecule has 0 unspecified atom stereocenters. The third-order valence-electron chi connectivity index (χ3n) is 3.50. The Labute approximate surface area is 122 Å². The Bertz CT molecular complexity index is 508. The van der Waals surface area contributed by atoms with Gasteiger partial charge in [0.15, 0.2) is 5.69 Å². The van der Waals surface area contributed by atoms with Crippen molar-refractivity contribution in [3.63, 3.8) is 0 Å². The molecule has 1 amide bonds. The van der Waals surface area contributed by atoms with Gasteiger partial charge in [0.25, 0.3) is 0 Å². The quantitative estimate of drug-likeness (QED) is 0.804. The van der Waals surface area contributed by atoms with Gasteiger partial charge < -0.3 is 14.7 Å². The third-order valence-corrected chi connectivity index (χ3v) is 3.50. The molecule has 0 bridgehead atoms. The average Bonchev–Trinajstić information content (AvgIpc) is 2.91. The standard InChI is InChI=1S/C13H20N4O4/c1-2-10-12(13(19)20)14-15-17(10)5-3-4-11(18)16-6-8-21-9-7-16/h2-9H2,1H3,(H,19,20). The molecule has 1 aliphatic heterocycles. The van der Waals surface area contributed by atoms with Crippen LogP contribution in [-0.2, 0) is 22.5 Å². The maximum Gasteiger partial charge on any atom is 0.358 e. The first kappa shape index (κ1) is 15.4. The number of hydrogen-bond acceptors (Lipinski definition) is 5. The van der Waals surface area contributed by atoms with E-state index in [4.69, 9.17) is 9.84 Å². The van der Waals surface area contributed by atoms with Crippen molar-refractivity contribution in [1.29, 1.82) is 0 Å². The Morgan fingerprint density at radius 1 is 1.33 bits per heavy atom. The molecule has 116 valence electrons. The SMILES string of the molecule is CCc1c(C(=O)O)nnn1CCCC(=O)N1CCOCC1. The van der Waals surface area contributed by atoms with Crippen molar-refractivity contribution in [2.24, 2.45) is 0 Å². The number of morpholine rings is 1. The number of carboxylic acids is 1. The number of hydrogen-bond donors (Lipinski definition) is 1. The number of aromatic carboxylic acids is 1. The van der Waals surface area contributed by atoms with Gasteiger partial charge in [0, 0.05) is 26.1 Å². The zero-order valence-corrected chi connectivity index (χ0v) is 12.1. The van der Waals surface area contributed by atoms with Crippen LogP contribution in [0.4, 0.5) is 0 Å². The van der Waals surface area contributed by atoms with Crippen LogP contribution in [0.15, 0.2) is 0 Å². The average molecular weight is 296 g/mol. The summed E-state index contributed by atoms with van der Waals surface area (Å²) in [4.78, 5) is 24.8. The van der Waals surface area contributed by atoms with E-state index in [1.807, 2.05) is 6.92 Å². The predicted octanol–water partition coefficient (Wildman–Crippen LogP) is 0.178. The maximum atomic E-state index is 12.0. The van der Waals surface area contributed by atoms with Crippen molar-refractivity contribution in [3.8, 4) is 0 Å². The minimum Gasteiger partial charge on any atom is -0.476 e. The van der Waals surface area contributed by atoms with Crippen molar-refractivity contribution in [2.45, 2.75) is 32.7 Å². The molecule has 1 saturated heterocycles. The van der Waals surface area contributed by atoms with Crippen molar-refractivity contribution in [2.75, 3.05) is 26.3 Å². The second-order valence-corrected chi connectivity index (χ2v) is 4.86. The minimum absolute atomic E-state index is 0.00277. The molecule has 0 radical (unpaired) electrons. The summed E-state index contributed by atoms with van der Waals surface area (Å²) in [6.07, 6.45) is 1.59. The Morgan fingerprint density at radius 3 is 2.67 bits per heavy atom. The molecule has 2 heterocycles. The monoisotopic (exact) mass is 296 g/mol. The second-order valence-electron chi connectivity index (χ2n) is 4.86. The lowest BCUT2D eigenvalue weighted by Crippen LogP contribution is -2.40. The highest BCUT2D eigenvalue weighted by molar-refractivity contribution is 5.86. The number of rotatable bonds is 6. The molecule has 0 spiro atoms. The van der Waals surface area contributed by atoms with Crippen LogP contribution in [0.5, 0.6) is 0 Å². The highest BCUT2D eigenvalue weighted by Gasteiger charge is 2.19. The fraction of sp³-hybridized carbons (Fsp3) is 0.692. The molecule has 2 rings (SSSR count). The lowest BCUT2D eigenvalue weighted by Gasteiger charge is -2.26. The number of aryl methyl sites for hydroxylation is 1. The molecule has 1 aliphatic rings. The van der Waals surface area contributed by atoms with Crippen molar-refractivity contribution < 1.29 is 19.4 Å². The van der Waals surface area contributed by atoms with Gasteiger partial charge in [-0.3, -0.25) is 4.79 Å². The van der Waals surface area contributed by atoms with E-state index in [1.54, 1.807) is 9.58 Å². The van der Waals surface area contributed by atoms with Crippen LogP contribution in [-0.4, -0.2) is 63.2 Å². The van der Waals surface area contributed by atoms with E-state index in [0.717, 1.165) is 0 Å². The van der Waals surface area contributed by atoms with Gasteiger partial charge in [-0.1, -0.05) is 12.1 Å². The lowest BCUT2D eigenvalue weighted by atomic mass is 10.2. The summed E-state index contributed by atoms with van der Waals surface area (Å²) >= 11 is 0. The van der Waals surface area contributed by atoms with Crippen LogP contribution in [0.3, 0.4) is 0 Å². The van der Waals surface area contributed by atoms with Crippen LogP contribution in [0.25, 0.3) is 0 Å². The molecule has 0 aromatic carbocycles. The summed E-state index contributed by atoms with van der Waals surface area (Å²) in [6.45, 7) is 4.84. The molecule has 1 aromatic rings. The normalized spacial score (nSPS) is 15.2. The summed E-state index contributed by atoms with van der Waals surface area (Å²) in [5.74, 6) is -0.961. The lowest BCUT2D eigenvalue weighted by molar-refractivity contribution is -0.135. The molecule has 1 aromatic heterocycles. The van der Waals surface area contributed by atoms with E-state index in [9.17, 15) is 9.59 Å². The topological polar surface area (TPSA) is 97.5 Å². The first-order chi connectivity index (χ1) is 10.1. The summed E-state index contributed by atoms with van der Waals surface area (Å²) in [5.41, 5.74) is 0.596. The van der Waals surface area contributed by atoms with Gasteiger partial charge in [-0.15, -0.1) is 5.10 Å². The first-order valence-corrected chi connectivity index (χ1v) is 7.14. The first-order valence-electron chi connectivity index (χ1n) is 7.14. The van der Waals surface area contributed by atoms with Gasteiger partial charge >= 0.3 is 5.97 Å². The van der Waals surface area contributed by atoms with Crippen LogP contribution >= 0.6 is 0 Å². The Hall–Kier alpha value is -1.96. The van der Waals surface area contributed by atoms with Gasteiger partial charge in [0.2, 0.25) is 5.91 Å². The van der Waals surface area contributed by atoms with Crippen molar-refractivity contribution in [1.82, 2.24) is 19.9 Å². The molecule has 0 saturated carbocycles. The van der Waals surface area contributed by atoms with E-state index in [2.05, 4.69) is 10.3 Å². The highest BCUT2D eigenvalue weighted by atomic mass is 16.5. The minimum atomic E-state index is -1.07. The van der Waals surface area contributed by atoms with E-state index in [0.29, 0.717) is 57.8 Å². The maximum absolute atomic E-state index is 12.0. The number of carbonyl (C=O) groups is 2. The van der Waals surface area contributed by atoms with E-state index >= 15 is 0 Å². The largest absolute Gasteiger partial charge is 0.476 e. The summed E-state index contributed by atoms with van der Waals surface area (Å²) in [6, 6.07) is 0. The molecule has 21 heavy (non-hydrogen) atoms. The molecular formula is C13H20N4O4. The fourth-order valence-electron chi connectivity index (χ4n) is 2.38. The van der Waals surface area contributed by atoms with Crippen molar-refractivity contribution >= 4 is 11.9 Å². The number of carboxylic acid groups (broad SMARTS) is 1. The zero-order valence-electron chi connectivity index (χ0n) is 12.1. The summed E-state index contributed by atoms with van der Waals surface area (Å²) in [7, 11) is 0. The van der Waals surface area contributed by atoms with Gasteiger partial charge in [-0.25, -0.2) is 9.48 Å². The van der Waals surface area contributed by atoms with Gasteiger partial charge in [-0.05, 0) is 12.8 Å². The Balaban J connectivity index is 1.85. The molecule has 1 N–H and O–H groups in total. The number of carbonyl (C=O) groups excluding carboxylic acids is 1. The van der Waals surface area contributed by atoms with Gasteiger partial charge in [-0.2, -0.15) is 0 Å². The molecule has 0 atom stereocenters. The number of ether oxygens (including phenoxy) is 1. The van der Waals surface area contributed by atoms with Crippen molar-refractivity contribution in [3.05, 3.63) is 11.4 Å².